The van der Waals surface area contributed by atoms with Crippen LogP contribution in [0.1, 0.15) is 161 Å². The minimum Gasteiger partial charge on any atom is -0.484 e. The zero-order valence-corrected chi connectivity index (χ0v) is 81.6. The highest BCUT2D eigenvalue weighted by molar-refractivity contribution is 6.06. The fraction of sp³-hybridized carbons (Fsp3) is 0.289. The Bertz CT molecular complexity index is 6080. The van der Waals surface area contributed by atoms with Crippen molar-refractivity contribution in [1.82, 2.24) is 57.7 Å². The van der Waals surface area contributed by atoms with Gasteiger partial charge in [0.05, 0.1) is 70.9 Å². The van der Waals surface area contributed by atoms with Gasteiger partial charge >= 0.3 is 6.09 Å². The molecule has 145 heavy (non-hydrogen) atoms. The van der Waals surface area contributed by atoms with Crippen LogP contribution in [0.3, 0.4) is 0 Å². The number of amides is 9. The van der Waals surface area contributed by atoms with Gasteiger partial charge in [0.2, 0.25) is 0 Å². The topological polar surface area (TPSA) is 370 Å². The predicted molar refractivity (Wildman–Crippen MR) is 548 cm³/mol. The molecule has 3 aliphatic rings. The first kappa shape index (κ1) is 105. The number of nitrogens with one attached hydrogen (secondary N) is 9. The van der Waals surface area contributed by atoms with Crippen LogP contribution in [0.15, 0.2) is 291 Å². The second-order valence-electron chi connectivity index (χ2n) is 35.4. The van der Waals surface area contributed by atoms with E-state index in [1.807, 2.05) is 252 Å². The summed E-state index contributed by atoms with van der Waals surface area (Å²) in [4.78, 5) is 139. The number of carbonyl (C=O) groups excluding carboxylic acids is 9. The van der Waals surface area contributed by atoms with E-state index in [4.69, 9.17) is 52.1 Å². The lowest BCUT2D eigenvalue weighted by atomic mass is 10.0. The first-order valence-corrected chi connectivity index (χ1v) is 48.7. The largest absolute Gasteiger partial charge is 0.484 e. The molecule has 1 atom stereocenters. The van der Waals surface area contributed by atoms with Crippen molar-refractivity contribution in [2.45, 2.75) is 98.1 Å². The molecule has 12 aromatic carbocycles. The molecule has 3 aliphatic heterocycles. The van der Waals surface area contributed by atoms with Gasteiger partial charge in [-0.2, -0.15) is 0 Å². The Morgan fingerprint density at radius 1 is 0.290 bits per heavy atom. The van der Waals surface area contributed by atoms with Gasteiger partial charge in [-0.05, 0) is 127 Å². The van der Waals surface area contributed by atoms with Crippen molar-refractivity contribution in [3.63, 3.8) is 0 Å². The average molecular weight is 1970 g/mol. The number of rotatable bonds is 39. The van der Waals surface area contributed by atoms with Crippen LogP contribution in [0.4, 0.5) is 4.79 Å². The zero-order valence-electron chi connectivity index (χ0n) is 81.6. The molecule has 0 spiro atoms. The smallest absolute Gasteiger partial charge is 0.407 e. The summed E-state index contributed by atoms with van der Waals surface area (Å²) in [6.45, 7) is 6.07. The maximum absolute atomic E-state index is 16.3. The van der Waals surface area contributed by atoms with Gasteiger partial charge in [0, 0.05) is 97.7 Å². The first-order valence-electron chi connectivity index (χ1n) is 48.7. The molecule has 31 nitrogen and oxygen atoms in total. The lowest BCUT2D eigenvalue weighted by Gasteiger charge is -2.29. The number of nitrogens with zero attached hydrogens (tertiary/aromatic N) is 2. The third kappa shape index (κ3) is 32.2. The number of benzene rings is 12. The molecule has 31 heteroatoms. The Labute approximate surface area is 844 Å². The Kier molecular flexibility index (Phi) is 39.6. The van der Waals surface area contributed by atoms with Gasteiger partial charge in [0.1, 0.15) is 58.5 Å². The Balaban J connectivity index is 0.842. The third-order valence-electron chi connectivity index (χ3n) is 23.4. The number of carbonyl (C=O) groups is 9. The normalized spacial score (nSPS) is 15.0. The maximum atomic E-state index is 16.3. The third-order valence-corrected chi connectivity index (χ3v) is 23.4. The predicted octanol–water partition coefficient (Wildman–Crippen LogP) is 14.6. The summed E-state index contributed by atoms with van der Waals surface area (Å²) in [6, 6.07) is 85.7. The van der Waals surface area contributed by atoms with E-state index in [2.05, 4.69) is 47.9 Å². The fourth-order valence-corrected chi connectivity index (χ4v) is 16.0. The Morgan fingerprint density at radius 2 is 0.531 bits per heavy atom. The van der Waals surface area contributed by atoms with Crippen molar-refractivity contribution in [1.29, 1.82) is 0 Å². The van der Waals surface area contributed by atoms with Crippen LogP contribution in [-0.2, 0) is 67.1 Å². The summed E-state index contributed by atoms with van der Waals surface area (Å²) >= 11 is 0. The Hall–Kier alpha value is -16.1. The van der Waals surface area contributed by atoms with Crippen molar-refractivity contribution in [2.24, 2.45) is 0 Å². The number of hydrogen-bond acceptors (Lipinski definition) is 22. The van der Waals surface area contributed by atoms with E-state index in [-0.39, 0.29) is 274 Å². The Morgan fingerprint density at radius 3 is 0.800 bits per heavy atom. The highest BCUT2D eigenvalue weighted by Crippen LogP contribution is 2.42. The van der Waals surface area contributed by atoms with Crippen LogP contribution in [0.25, 0.3) is 0 Å². The van der Waals surface area contributed by atoms with E-state index in [9.17, 15) is 9.59 Å². The summed E-state index contributed by atoms with van der Waals surface area (Å²) in [7, 11) is 0. The molecule has 0 saturated heterocycles. The quantitative estimate of drug-likeness (QED) is 0.0162. The van der Waals surface area contributed by atoms with Gasteiger partial charge < -0.3 is 100.0 Å². The molecule has 0 aromatic heterocycles. The van der Waals surface area contributed by atoms with E-state index < -0.39 is 65.0 Å². The highest BCUT2D eigenvalue weighted by atomic mass is 16.6. The number of hydrogen-bond donors (Lipinski definition) is 9. The molecule has 0 fully saturated rings. The minimum atomic E-state index is -0.907. The molecule has 0 saturated carbocycles. The van der Waals surface area contributed by atoms with Gasteiger partial charge in [-0.15, -0.1) is 0 Å². The molecule has 3 heterocycles. The monoisotopic (exact) mass is 1970 g/mol. The second kappa shape index (κ2) is 54.8. The fourth-order valence-electron chi connectivity index (χ4n) is 16.0. The molecule has 12 aromatic rings. The van der Waals surface area contributed by atoms with Crippen molar-refractivity contribution < 1.29 is 95.3 Å². The summed E-state index contributed by atoms with van der Waals surface area (Å²) in [5.41, 5.74) is 5.53. The van der Waals surface area contributed by atoms with Gasteiger partial charge in [-0.25, -0.2) is 4.79 Å². The van der Waals surface area contributed by atoms with Crippen LogP contribution < -0.4 is 85.7 Å². The molecule has 8 bridgehead atoms. The first-order chi connectivity index (χ1) is 70.8. The molecule has 0 aliphatic carbocycles. The van der Waals surface area contributed by atoms with Gasteiger partial charge in [0.15, 0.2) is 46.0 Å². The van der Waals surface area contributed by atoms with Crippen LogP contribution in [0.2, 0.25) is 0 Å². The van der Waals surface area contributed by atoms with Gasteiger partial charge in [-0.3, -0.25) is 48.2 Å². The lowest BCUT2D eigenvalue weighted by molar-refractivity contribution is 0.0399. The molecule has 15 rings (SSSR count). The molecule has 9 amide bonds. The molecular formula is C114H123N11O20. The van der Waals surface area contributed by atoms with Crippen molar-refractivity contribution in [3.8, 4) is 46.0 Å². The molecular weight excluding hydrogens is 1840 g/mol. The van der Waals surface area contributed by atoms with Crippen LogP contribution in [-0.4, -0.2) is 193 Å². The standard InChI is InChI=1S/C114H123N11O20/c1-114(2,3)145-113(134)122-61-68-136-70-69-135-67-60-121-111(132)95-51-46-89(97(137-72-80-29-12-4-13-30-80)102(95)142-77-85-39-22-9-23-40-85)105(126)115-54-28-45-88-71-125-65-58-119-109(130)92-49-47-90(98(138-73-81-31-14-5-15-32-81)100(92)140-75-83-35-18-7-19-36-83)106(127)116-55-62-124(64-57-118-108(129)94-52-53-96(112(133)123-88)104(144-79-87-43-26-11-27-44-87)103(94)143-78-86-41-24-10-25-42-86)63-56-117-107(128)91-48-50-93(110(131)120-59-66-125)101(141-76-84-37-20-8-21-38-84)99(91)139-74-82-33-16-6-17-34-82/h4-27,29-44,46-53,88H,28,45,54-79H2,1-3H3,(H,115,126)(H,116,127)(H,117,128)(H,118,129)(H,119,130)(H,120,131)(H,121,132)(H,122,134)(H,123,133). The van der Waals surface area contributed by atoms with Gasteiger partial charge in [0.25, 0.3) is 47.3 Å². The van der Waals surface area contributed by atoms with E-state index in [1.54, 1.807) is 20.8 Å². The van der Waals surface area contributed by atoms with E-state index in [1.165, 1.54) is 48.5 Å². The molecule has 0 radical (unpaired) electrons. The summed E-state index contributed by atoms with van der Waals surface area (Å²) in [6.07, 6.45) is -0.277. The number of fused-ring (bicyclic) bond motifs is 18. The van der Waals surface area contributed by atoms with Crippen molar-refractivity contribution in [2.75, 3.05) is 118 Å². The summed E-state index contributed by atoms with van der Waals surface area (Å²) in [5.74, 6) is -4.99. The van der Waals surface area contributed by atoms with E-state index in [0.29, 0.717) is 0 Å². The molecule has 754 valence electrons. The van der Waals surface area contributed by atoms with Crippen LogP contribution in [0, 0.1) is 0 Å². The van der Waals surface area contributed by atoms with E-state index >= 15 is 33.6 Å². The van der Waals surface area contributed by atoms with Gasteiger partial charge in [-0.1, -0.05) is 243 Å². The maximum Gasteiger partial charge on any atom is 0.407 e. The minimum absolute atomic E-state index is 0.000788. The van der Waals surface area contributed by atoms with Crippen LogP contribution in [0.5, 0.6) is 46.0 Å². The highest BCUT2D eigenvalue weighted by Gasteiger charge is 2.33. The average Bonchev–Trinajstić information content (AvgIpc) is 0.808. The van der Waals surface area contributed by atoms with Crippen molar-refractivity contribution in [3.05, 3.63) is 380 Å². The zero-order chi connectivity index (χ0) is 101. The SMILES string of the molecule is CC(C)(C)OC(=O)NCCOCCOCCNC(=O)c1ccc(C(=O)NCCCC2CN3CCNC(=O)c4ccc(c(OCc5ccccc5)c4OCc4ccccc4)C(=O)NCCN(CCNC(=O)c4ccc(c(OCc5ccccc5)c4OCc4ccccc4)C(=O)NCC3)CCNC(=O)c3ccc(c(OCc4ccccc4)c3OCc3ccccc3)C(=O)N2)c(OCc2ccccc2)c1OCc1ccccc1. The van der Waals surface area contributed by atoms with Crippen molar-refractivity contribution >= 4 is 53.4 Å². The second-order valence-corrected chi connectivity index (χ2v) is 35.4. The number of alkyl carbamates (subject to hydrolysis) is 1. The summed E-state index contributed by atoms with van der Waals surface area (Å²) < 4.78 is 70.6. The molecule has 1 unspecified atom stereocenters. The lowest BCUT2D eigenvalue weighted by Crippen LogP contribution is -2.48. The summed E-state index contributed by atoms with van der Waals surface area (Å²) in [5, 5.41) is 27.6. The van der Waals surface area contributed by atoms with E-state index in [0.717, 1.165) is 44.5 Å². The molecule has 9 N–H and O–H groups in total. The number of ether oxygens (including phenoxy) is 11. The van der Waals surface area contributed by atoms with Crippen LogP contribution >= 0.6 is 0 Å².